The summed E-state index contributed by atoms with van der Waals surface area (Å²) in [7, 11) is -3.58. The normalized spacial score (nSPS) is 14.9. The first-order valence-electron chi connectivity index (χ1n) is 10.1. The molecule has 0 unspecified atom stereocenters. The number of pyridine rings is 1. The van der Waals surface area contributed by atoms with Crippen molar-refractivity contribution in [2.24, 2.45) is 0 Å². The summed E-state index contributed by atoms with van der Waals surface area (Å²) in [5, 5.41) is 10.7. The first kappa shape index (κ1) is 20.6. The number of aromatic nitrogens is 2. The van der Waals surface area contributed by atoms with Crippen LogP contribution in [-0.4, -0.2) is 40.9 Å². The fourth-order valence-electron chi connectivity index (χ4n) is 4.07. The molecule has 1 aliphatic rings. The Kier molecular flexibility index (Phi) is 4.94. The maximum Gasteiger partial charge on any atom is 0.243 e. The van der Waals surface area contributed by atoms with Gasteiger partial charge in [0.15, 0.2) is 11.6 Å². The van der Waals surface area contributed by atoms with Crippen LogP contribution in [-0.2, 0) is 10.0 Å². The maximum atomic E-state index is 13.9. The molecule has 0 radical (unpaired) electrons. The minimum atomic E-state index is -3.58. The molecule has 5 rings (SSSR count). The molecule has 1 saturated heterocycles. The van der Waals surface area contributed by atoms with Gasteiger partial charge in [0, 0.05) is 53.6 Å². The molecule has 0 amide bonds. The Morgan fingerprint density at radius 2 is 1.78 bits per heavy atom. The lowest BCUT2D eigenvalue weighted by Crippen LogP contribution is -2.27. The van der Waals surface area contributed by atoms with Crippen molar-refractivity contribution in [1.82, 2.24) is 14.3 Å². The Bertz CT molecular complexity index is 1440. The number of sulfonamides is 1. The monoisotopic (exact) mass is 455 g/mol. The fourth-order valence-corrected chi connectivity index (χ4v) is 5.63. The second-order valence-corrected chi connectivity index (χ2v) is 9.68. The van der Waals surface area contributed by atoms with Crippen LogP contribution in [0, 0.1) is 11.6 Å². The van der Waals surface area contributed by atoms with Gasteiger partial charge in [-0.2, -0.15) is 4.31 Å². The zero-order chi connectivity index (χ0) is 22.5. The van der Waals surface area contributed by atoms with Gasteiger partial charge in [0.05, 0.1) is 4.90 Å². The Morgan fingerprint density at radius 3 is 2.56 bits per heavy atom. The van der Waals surface area contributed by atoms with Gasteiger partial charge in [-0.1, -0.05) is 12.1 Å². The number of benzene rings is 2. The average Bonchev–Trinajstić information content (AvgIpc) is 3.46. The number of phenolic OH excluding ortho intramolecular Hbond substituents is 1. The van der Waals surface area contributed by atoms with Crippen molar-refractivity contribution in [3.63, 3.8) is 0 Å². The highest BCUT2D eigenvalue weighted by Crippen LogP contribution is 2.37. The summed E-state index contributed by atoms with van der Waals surface area (Å²) in [5.41, 5.74) is 2.12. The number of rotatable bonds is 4. The molecule has 164 valence electrons. The summed E-state index contributed by atoms with van der Waals surface area (Å²) in [6.07, 6.45) is 4.81. The lowest BCUT2D eigenvalue weighted by molar-refractivity contribution is 0.430. The molecule has 2 aromatic carbocycles. The van der Waals surface area contributed by atoms with Gasteiger partial charge in [0.25, 0.3) is 0 Å². The molecule has 2 N–H and O–H groups in total. The van der Waals surface area contributed by atoms with Crippen LogP contribution in [0.3, 0.4) is 0 Å². The molecule has 4 aromatic rings. The molecular weight excluding hydrogens is 436 g/mol. The predicted octanol–water partition coefficient (Wildman–Crippen LogP) is 4.67. The number of hydrogen-bond acceptors (Lipinski definition) is 4. The van der Waals surface area contributed by atoms with E-state index in [2.05, 4.69) is 9.97 Å². The van der Waals surface area contributed by atoms with E-state index in [1.807, 2.05) is 0 Å². The zero-order valence-corrected chi connectivity index (χ0v) is 17.7. The highest BCUT2D eigenvalue weighted by atomic mass is 32.2. The first-order chi connectivity index (χ1) is 15.3. The zero-order valence-electron chi connectivity index (χ0n) is 16.8. The van der Waals surface area contributed by atoms with E-state index in [0.717, 1.165) is 18.9 Å². The third-order valence-corrected chi connectivity index (χ3v) is 7.61. The predicted molar refractivity (Wildman–Crippen MR) is 117 cm³/mol. The summed E-state index contributed by atoms with van der Waals surface area (Å²) >= 11 is 0. The quantitative estimate of drug-likeness (QED) is 0.468. The molecular formula is C23H19F2N3O3S. The SMILES string of the molecule is O=S(=O)(c1cccc(-c2cnc3[nH]cc(-c4cc(F)cc(F)c4O)c3c2)c1)N1CCCC1. The van der Waals surface area contributed by atoms with Crippen molar-refractivity contribution < 1.29 is 22.3 Å². The lowest BCUT2D eigenvalue weighted by atomic mass is 10.0. The summed E-state index contributed by atoms with van der Waals surface area (Å²) in [4.78, 5) is 7.50. The van der Waals surface area contributed by atoms with Gasteiger partial charge in [0.1, 0.15) is 11.5 Å². The number of aromatic amines is 1. The molecule has 2 aromatic heterocycles. The Hall–Kier alpha value is -3.30. The largest absolute Gasteiger partial charge is 0.504 e. The van der Waals surface area contributed by atoms with Crippen LogP contribution in [0.4, 0.5) is 8.78 Å². The maximum absolute atomic E-state index is 13.9. The summed E-state index contributed by atoms with van der Waals surface area (Å²) in [6, 6.07) is 10.0. The Balaban J connectivity index is 1.61. The van der Waals surface area contributed by atoms with Crippen molar-refractivity contribution in [3.05, 3.63) is 66.5 Å². The number of aromatic hydroxyl groups is 1. The van der Waals surface area contributed by atoms with Crippen LogP contribution >= 0.6 is 0 Å². The van der Waals surface area contributed by atoms with Gasteiger partial charge in [-0.15, -0.1) is 0 Å². The van der Waals surface area contributed by atoms with Crippen LogP contribution < -0.4 is 0 Å². The average molecular weight is 455 g/mol. The van der Waals surface area contributed by atoms with E-state index in [1.165, 1.54) is 10.5 Å². The van der Waals surface area contributed by atoms with Crippen molar-refractivity contribution in [3.8, 4) is 28.0 Å². The highest BCUT2D eigenvalue weighted by Gasteiger charge is 2.27. The summed E-state index contributed by atoms with van der Waals surface area (Å²) < 4.78 is 55.0. The van der Waals surface area contributed by atoms with Crippen LogP contribution in [0.25, 0.3) is 33.3 Å². The van der Waals surface area contributed by atoms with E-state index in [4.69, 9.17) is 0 Å². The third-order valence-electron chi connectivity index (χ3n) is 5.72. The molecule has 32 heavy (non-hydrogen) atoms. The molecule has 6 nitrogen and oxygen atoms in total. The van der Waals surface area contributed by atoms with Gasteiger partial charge in [-0.05, 0) is 42.7 Å². The summed E-state index contributed by atoms with van der Waals surface area (Å²) in [6.45, 7) is 1.03. The molecule has 1 aliphatic heterocycles. The number of phenols is 1. The van der Waals surface area contributed by atoms with Gasteiger partial charge >= 0.3 is 0 Å². The molecule has 9 heteroatoms. The molecule has 0 aliphatic carbocycles. The van der Waals surface area contributed by atoms with Gasteiger partial charge in [-0.3, -0.25) is 0 Å². The smallest absolute Gasteiger partial charge is 0.243 e. The highest BCUT2D eigenvalue weighted by molar-refractivity contribution is 7.89. The minimum Gasteiger partial charge on any atom is -0.504 e. The number of H-pyrrole nitrogens is 1. The van der Waals surface area contributed by atoms with Gasteiger partial charge in [-0.25, -0.2) is 22.2 Å². The van der Waals surface area contributed by atoms with E-state index in [-0.39, 0.29) is 10.5 Å². The Labute approximate surface area is 183 Å². The van der Waals surface area contributed by atoms with Crippen LogP contribution in [0.2, 0.25) is 0 Å². The van der Waals surface area contributed by atoms with E-state index < -0.39 is 27.4 Å². The number of nitrogens with one attached hydrogen (secondary N) is 1. The molecule has 0 saturated carbocycles. The van der Waals surface area contributed by atoms with E-state index in [0.29, 0.717) is 46.9 Å². The van der Waals surface area contributed by atoms with E-state index >= 15 is 0 Å². The fraction of sp³-hybridized carbons (Fsp3) is 0.174. The van der Waals surface area contributed by atoms with Crippen molar-refractivity contribution >= 4 is 21.1 Å². The second kappa shape index (κ2) is 7.68. The van der Waals surface area contributed by atoms with E-state index in [9.17, 15) is 22.3 Å². The van der Waals surface area contributed by atoms with Crippen molar-refractivity contribution in [1.29, 1.82) is 0 Å². The number of nitrogens with zero attached hydrogens (tertiary/aromatic N) is 2. The van der Waals surface area contributed by atoms with Gasteiger partial charge < -0.3 is 10.1 Å². The second-order valence-electron chi connectivity index (χ2n) is 7.75. The molecule has 1 fully saturated rings. The van der Waals surface area contributed by atoms with Gasteiger partial charge in [0.2, 0.25) is 10.0 Å². The standard InChI is InChI=1S/C23H19F2N3O3S/c24-16-10-18(22(29)21(25)11-16)20-13-27-23-19(20)9-15(12-26-23)14-4-3-5-17(8-14)32(30,31)28-6-1-2-7-28/h3-5,8-13,29H,1-2,6-7H2,(H,26,27). The van der Waals surface area contributed by atoms with Crippen molar-refractivity contribution in [2.45, 2.75) is 17.7 Å². The molecule has 0 spiro atoms. The molecule has 0 atom stereocenters. The first-order valence-corrected chi connectivity index (χ1v) is 11.5. The molecule has 0 bridgehead atoms. The number of hydrogen-bond donors (Lipinski definition) is 2. The lowest BCUT2D eigenvalue weighted by Gasteiger charge is -2.16. The van der Waals surface area contributed by atoms with Crippen LogP contribution in [0.5, 0.6) is 5.75 Å². The van der Waals surface area contributed by atoms with Crippen LogP contribution in [0.15, 0.2) is 59.8 Å². The molecule has 3 heterocycles. The Morgan fingerprint density at radius 1 is 1.00 bits per heavy atom. The van der Waals surface area contributed by atoms with Crippen molar-refractivity contribution in [2.75, 3.05) is 13.1 Å². The van der Waals surface area contributed by atoms with Crippen LogP contribution in [0.1, 0.15) is 12.8 Å². The number of halogens is 2. The topological polar surface area (TPSA) is 86.3 Å². The van der Waals surface area contributed by atoms with E-state index in [1.54, 1.807) is 36.5 Å². The minimum absolute atomic E-state index is 0.00179. The number of fused-ring (bicyclic) bond motifs is 1. The summed E-state index contributed by atoms with van der Waals surface area (Å²) in [5.74, 6) is -2.52. The third kappa shape index (κ3) is 3.43.